The van der Waals surface area contributed by atoms with Crippen LogP contribution in [-0.4, -0.2) is 45.9 Å². The number of hydrogen-bond acceptors (Lipinski definition) is 5. The minimum absolute atomic E-state index is 0.0227. The van der Waals surface area contributed by atoms with Gasteiger partial charge in [-0.3, -0.25) is 9.59 Å². The molecule has 0 unspecified atom stereocenters. The lowest BCUT2D eigenvalue weighted by molar-refractivity contribution is -0.152. The Labute approximate surface area is 197 Å². The number of carboxylic acids is 1. The zero-order chi connectivity index (χ0) is 22.6. The van der Waals surface area contributed by atoms with E-state index >= 15 is 0 Å². The Morgan fingerprint density at radius 2 is 1.94 bits per heavy atom. The quantitative estimate of drug-likeness (QED) is 0.440. The van der Waals surface area contributed by atoms with Gasteiger partial charge in [-0.15, -0.1) is 23.1 Å². The zero-order valence-electron chi connectivity index (χ0n) is 18.5. The summed E-state index contributed by atoms with van der Waals surface area (Å²) in [6, 6.07) is 13.8. The van der Waals surface area contributed by atoms with Gasteiger partial charge in [0, 0.05) is 24.9 Å². The number of pyridine rings is 1. The van der Waals surface area contributed by atoms with Crippen LogP contribution in [0.3, 0.4) is 0 Å². The number of aliphatic carboxylic acids is 1. The van der Waals surface area contributed by atoms with Crippen LogP contribution in [-0.2, 0) is 11.3 Å². The molecule has 32 heavy (non-hydrogen) atoms. The highest BCUT2D eigenvalue weighted by atomic mass is 32.2. The molecule has 0 spiro atoms. The molecule has 1 N–H and O–H groups in total. The lowest BCUT2D eigenvalue weighted by Crippen LogP contribution is -2.45. The maximum absolute atomic E-state index is 12.5. The molecule has 0 radical (unpaired) electrons. The van der Waals surface area contributed by atoms with E-state index in [1.165, 1.54) is 4.21 Å². The summed E-state index contributed by atoms with van der Waals surface area (Å²) < 4.78 is 3.13. The summed E-state index contributed by atoms with van der Waals surface area (Å²) in [5, 5.41) is 13.2. The number of benzene rings is 1. The number of aryl methyl sites for hydroxylation is 2. The van der Waals surface area contributed by atoms with E-state index < -0.39 is 11.4 Å². The Hall–Kier alpha value is -2.09. The Morgan fingerprint density at radius 3 is 2.66 bits per heavy atom. The van der Waals surface area contributed by atoms with Crippen molar-refractivity contribution in [2.75, 3.05) is 25.4 Å². The summed E-state index contributed by atoms with van der Waals surface area (Å²) in [6.45, 7) is 5.21. The van der Waals surface area contributed by atoms with Crippen LogP contribution < -0.4 is 5.56 Å². The Balaban J connectivity index is 1.34. The average Bonchev–Trinajstić information content (AvgIpc) is 3.30. The van der Waals surface area contributed by atoms with E-state index in [-0.39, 0.29) is 5.56 Å². The molecule has 4 rings (SSSR count). The van der Waals surface area contributed by atoms with Gasteiger partial charge in [0.15, 0.2) is 0 Å². The van der Waals surface area contributed by atoms with Gasteiger partial charge in [-0.2, -0.15) is 0 Å². The summed E-state index contributed by atoms with van der Waals surface area (Å²) in [7, 11) is 0. The summed E-state index contributed by atoms with van der Waals surface area (Å²) in [5.74, 6) is 0.343. The van der Waals surface area contributed by atoms with Crippen LogP contribution in [0.5, 0.6) is 0 Å². The normalized spacial score (nSPS) is 16.4. The third-order valence-corrected chi connectivity index (χ3v) is 8.71. The Bertz CT molecular complexity index is 1120. The molecule has 1 aliphatic rings. The third-order valence-electron chi connectivity index (χ3n) is 6.60. The van der Waals surface area contributed by atoms with Gasteiger partial charge in [0.05, 0.1) is 15.1 Å². The summed E-state index contributed by atoms with van der Waals surface area (Å²) in [6.07, 6.45) is 2.65. The van der Waals surface area contributed by atoms with Crippen molar-refractivity contribution in [2.45, 2.75) is 43.4 Å². The van der Waals surface area contributed by atoms with Gasteiger partial charge in [-0.05, 0) is 80.2 Å². The van der Waals surface area contributed by atoms with Crippen LogP contribution in [0, 0.1) is 12.3 Å². The van der Waals surface area contributed by atoms with Crippen molar-refractivity contribution in [1.29, 1.82) is 0 Å². The molecular formula is C25H30N2O3S2. The van der Waals surface area contributed by atoms with E-state index in [1.54, 1.807) is 22.0 Å². The molecule has 1 saturated heterocycles. The van der Waals surface area contributed by atoms with E-state index in [2.05, 4.69) is 22.4 Å². The average molecular weight is 471 g/mol. The fourth-order valence-electron chi connectivity index (χ4n) is 4.60. The van der Waals surface area contributed by atoms with E-state index in [0.29, 0.717) is 32.2 Å². The van der Waals surface area contributed by atoms with Crippen LogP contribution in [0.25, 0.3) is 10.9 Å². The second-order valence-corrected chi connectivity index (χ2v) is 11.0. The highest BCUT2D eigenvalue weighted by Gasteiger charge is 2.40. The molecule has 170 valence electrons. The number of fused-ring (bicyclic) bond motifs is 1. The maximum atomic E-state index is 12.5. The Kier molecular flexibility index (Phi) is 7.38. The van der Waals surface area contributed by atoms with Crippen molar-refractivity contribution in [1.82, 2.24) is 9.47 Å². The molecule has 7 heteroatoms. The van der Waals surface area contributed by atoms with Crippen molar-refractivity contribution in [3.63, 3.8) is 0 Å². The number of aromatic nitrogens is 1. The molecule has 5 nitrogen and oxygen atoms in total. The number of carbonyl (C=O) groups is 1. The molecule has 3 aromatic rings. The lowest BCUT2D eigenvalue weighted by Gasteiger charge is -2.39. The van der Waals surface area contributed by atoms with Gasteiger partial charge < -0.3 is 14.6 Å². The molecule has 1 fully saturated rings. The molecule has 1 aliphatic heterocycles. The molecule has 0 saturated carbocycles. The van der Waals surface area contributed by atoms with Crippen molar-refractivity contribution < 1.29 is 9.90 Å². The predicted molar refractivity (Wildman–Crippen MR) is 133 cm³/mol. The van der Waals surface area contributed by atoms with E-state index in [9.17, 15) is 14.7 Å². The van der Waals surface area contributed by atoms with Crippen LogP contribution in [0.15, 0.2) is 56.8 Å². The molecule has 0 aliphatic carbocycles. The number of hydrogen-bond donors (Lipinski definition) is 1. The number of piperidine rings is 1. The van der Waals surface area contributed by atoms with Crippen LogP contribution in [0.2, 0.25) is 0 Å². The van der Waals surface area contributed by atoms with E-state index in [4.69, 9.17) is 0 Å². The van der Waals surface area contributed by atoms with Crippen LogP contribution in [0.4, 0.5) is 0 Å². The van der Waals surface area contributed by atoms with Crippen molar-refractivity contribution in [2.24, 2.45) is 5.41 Å². The first-order valence-corrected chi connectivity index (χ1v) is 13.1. The fourth-order valence-corrected chi connectivity index (χ4v) is 6.46. The van der Waals surface area contributed by atoms with E-state index in [0.717, 1.165) is 41.9 Å². The predicted octanol–water partition coefficient (Wildman–Crippen LogP) is 5.11. The van der Waals surface area contributed by atoms with Crippen molar-refractivity contribution in [3.8, 4) is 0 Å². The maximum Gasteiger partial charge on any atom is 0.309 e. The zero-order valence-corrected chi connectivity index (χ0v) is 20.1. The Morgan fingerprint density at radius 1 is 1.16 bits per heavy atom. The smallest absolute Gasteiger partial charge is 0.309 e. The first kappa shape index (κ1) is 23.1. The molecule has 2 aromatic heterocycles. The molecule has 0 bridgehead atoms. The van der Waals surface area contributed by atoms with E-state index in [1.807, 2.05) is 43.0 Å². The minimum atomic E-state index is -0.689. The summed E-state index contributed by atoms with van der Waals surface area (Å²) in [4.78, 5) is 27.1. The first-order valence-electron chi connectivity index (χ1n) is 11.2. The van der Waals surface area contributed by atoms with Crippen molar-refractivity contribution in [3.05, 3.63) is 63.8 Å². The summed E-state index contributed by atoms with van der Waals surface area (Å²) >= 11 is 3.63. The van der Waals surface area contributed by atoms with Gasteiger partial charge in [0.25, 0.3) is 5.56 Å². The topological polar surface area (TPSA) is 62.5 Å². The molecule has 0 amide bonds. The number of thiophene rings is 1. The largest absolute Gasteiger partial charge is 0.481 e. The SMILES string of the molecule is Cc1ccc2ccc(=O)n(CCCC3(C(=O)O)CCN(CCSc4cccs4)CC3)c2c1. The first-order chi connectivity index (χ1) is 15.5. The van der Waals surface area contributed by atoms with Gasteiger partial charge >= 0.3 is 5.97 Å². The lowest BCUT2D eigenvalue weighted by atomic mass is 9.75. The minimum Gasteiger partial charge on any atom is -0.481 e. The molecule has 3 heterocycles. The number of likely N-dealkylation sites (tertiary alicyclic amines) is 1. The number of carboxylic acid groups (broad SMARTS) is 1. The monoisotopic (exact) mass is 470 g/mol. The van der Waals surface area contributed by atoms with Crippen LogP contribution >= 0.6 is 23.1 Å². The fraction of sp³-hybridized carbons (Fsp3) is 0.440. The number of rotatable bonds is 9. The molecule has 0 atom stereocenters. The van der Waals surface area contributed by atoms with Gasteiger partial charge in [0.1, 0.15) is 0 Å². The van der Waals surface area contributed by atoms with Crippen molar-refractivity contribution >= 4 is 40.0 Å². The highest BCUT2D eigenvalue weighted by Crippen LogP contribution is 2.37. The number of nitrogens with zero attached hydrogens (tertiary/aromatic N) is 2. The second kappa shape index (κ2) is 10.2. The highest BCUT2D eigenvalue weighted by molar-refractivity contribution is 8.01. The standard InChI is InChI=1S/C25H30N2O3S2/c1-19-5-6-20-7-8-22(28)27(21(20)18-19)12-3-9-25(24(29)30)10-13-26(14-11-25)15-17-32-23-4-2-16-31-23/h2,4-8,16,18H,3,9-15,17H2,1H3,(H,29,30). The van der Waals surface area contributed by atoms with Gasteiger partial charge in [0.2, 0.25) is 0 Å². The van der Waals surface area contributed by atoms with Crippen LogP contribution in [0.1, 0.15) is 31.2 Å². The molecular weight excluding hydrogens is 440 g/mol. The summed E-state index contributed by atoms with van der Waals surface area (Å²) in [5.41, 5.74) is 1.34. The van der Waals surface area contributed by atoms with Gasteiger partial charge in [-0.1, -0.05) is 18.2 Å². The number of thioether (sulfide) groups is 1. The third kappa shape index (κ3) is 5.27. The molecule has 1 aromatic carbocycles. The second-order valence-electron chi connectivity index (χ2n) is 8.70. The van der Waals surface area contributed by atoms with Gasteiger partial charge in [-0.25, -0.2) is 0 Å².